The zero-order valence-corrected chi connectivity index (χ0v) is 43.4. The van der Waals surface area contributed by atoms with Gasteiger partial charge in [0.05, 0.1) is 0 Å². The summed E-state index contributed by atoms with van der Waals surface area (Å²) < 4.78 is 0.160. The molecule has 4 heteroatoms. The predicted octanol–water partition coefficient (Wildman–Crippen LogP) is 18.3. The van der Waals surface area contributed by atoms with E-state index in [-0.39, 0.29) is 18.1 Å². The molecule has 0 bridgehead atoms. The summed E-state index contributed by atoms with van der Waals surface area (Å²) in [5.41, 5.74) is 17.1. The molecule has 2 saturated carbocycles. The first-order valence-corrected chi connectivity index (χ1v) is 40.0. The zero-order chi connectivity index (χ0) is 42.5. The van der Waals surface area contributed by atoms with Gasteiger partial charge < -0.3 is 0 Å². The van der Waals surface area contributed by atoms with Crippen molar-refractivity contribution >= 4 is 35.1 Å². The van der Waals surface area contributed by atoms with Crippen LogP contribution in [0.2, 0.25) is 12.6 Å². The summed E-state index contributed by atoms with van der Waals surface area (Å²) in [4.78, 5) is 0. The quantitative estimate of drug-likeness (QED) is 0.132. The zero-order valence-electron chi connectivity index (χ0n) is 38.3. The van der Waals surface area contributed by atoms with Crippen LogP contribution in [-0.4, -0.2) is 5.92 Å². The summed E-state index contributed by atoms with van der Waals surface area (Å²) in [5, 5.41) is 0. The van der Waals surface area contributed by atoms with Gasteiger partial charge in [0.15, 0.2) is 0 Å². The molecular weight excluding hydrogens is 863 g/mol. The van der Waals surface area contributed by atoms with E-state index in [2.05, 4.69) is 152 Å². The molecule has 0 heterocycles. The van der Waals surface area contributed by atoms with Crippen molar-refractivity contribution in [2.75, 3.05) is 0 Å². The topological polar surface area (TPSA) is 0 Å². The van der Waals surface area contributed by atoms with Crippen molar-refractivity contribution in [1.29, 1.82) is 0 Å². The molecule has 3 atom stereocenters. The summed E-state index contributed by atoms with van der Waals surface area (Å²) in [7, 11) is 18.4. The summed E-state index contributed by atoms with van der Waals surface area (Å²) in [5.74, 6) is -0.343. The summed E-state index contributed by atoms with van der Waals surface area (Å²) in [6, 6.07) is 34.8. The van der Waals surface area contributed by atoms with Gasteiger partial charge in [0.25, 0.3) is 0 Å². The first kappa shape index (κ1) is 44.6. The number of fused-ring (bicyclic) bond motifs is 2. The van der Waals surface area contributed by atoms with Crippen LogP contribution in [0.25, 0.3) is 34.4 Å². The Morgan fingerprint density at radius 3 is 1.28 bits per heavy atom. The first-order chi connectivity index (χ1) is 28.6. The van der Waals surface area contributed by atoms with Crippen molar-refractivity contribution in [3.05, 3.63) is 129 Å². The molecule has 2 fully saturated rings. The Kier molecular flexibility index (Phi) is 13.1. The Hall–Kier alpha value is -1.96. The fourth-order valence-electron chi connectivity index (χ4n) is 12.5. The molecule has 3 unspecified atom stereocenters. The van der Waals surface area contributed by atoms with E-state index < -0.39 is 21.5 Å². The van der Waals surface area contributed by atoms with Gasteiger partial charge in [-0.2, -0.15) is 0 Å². The van der Waals surface area contributed by atoms with Gasteiger partial charge in [0.1, 0.15) is 0 Å². The van der Waals surface area contributed by atoms with Crippen LogP contribution >= 0.6 is 17.0 Å². The molecule has 60 heavy (non-hydrogen) atoms. The number of benzene rings is 4. The minimum atomic E-state index is -5.10. The van der Waals surface area contributed by atoms with Gasteiger partial charge in [-0.1, -0.05) is 0 Å². The average molecular weight is 936 g/mol. The molecule has 0 amide bonds. The molecule has 4 aromatic carbocycles. The molecule has 0 aromatic heterocycles. The molecule has 4 aliphatic carbocycles. The van der Waals surface area contributed by atoms with E-state index in [0.29, 0.717) is 11.8 Å². The van der Waals surface area contributed by atoms with Crippen molar-refractivity contribution in [3.63, 3.8) is 0 Å². The molecule has 0 aliphatic heterocycles. The Bertz CT molecular complexity index is 2070. The molecule has 0 radical (unpaired) electrons. The number of hydrogen-bond donors (Lipinski definition) is 0. The SMILES string of the molecule is CCC[SiH](C)[Zr]([Cl])([Cl])([CH]1C(CC(C)(C)C)=Cc2c(-c3ccc(C4CCCCC4)cc3)cccc21)[CH]1C(CC(C)(C)C)=Cc2c(-c3ccc(C4CCCCC4)cc3)cccc21. The Labute approximate surface area is 373 Å². The fraction of sp³-hybridized carbons (Fsp3) is 0.500. The van der Waals surface area contributed by atoms with Crippen molar-refractivity contribution in [3.8, 4) is 22.3 Å². The van der Waals surface area contributed by atoms with Crippen molar-refractivity contribution in [1.82, 2.24) is 0 Å². The minimum absolute atomic E-state index is 0.0800. The summed E-state index contributed by atoms with van der Waals surface area (Å²) in [6.07, 6.45) is 21.8. The van der Waals surface area contributed by atoms with Crippen LogP contribution in [0, 0.1) is 10.8 Å². The summed E-state index contributed by atoms with van der Waals surface area (Å²) >= 11 is -5.10. The van der Waals surface area contributed by atoms with Crippen LogP contribution in [0.5, 0.6) is 0 Å². The van der Waals surface area contributed by atoms with Gasteiger partial charge in [0, 0.05) is 0 Å². The predicted molar refractivity (Wildman–Crippen MR) is 265 cm³/mol. The third-order valence-electron chi connectivity index (χ3n) is 15.1. The van der Waals surface area contributed by atoms with Gasteiger partial charge in [0.2, 0.25) is 0 Å². The van der Waals surface area contributed by atoms with Gasteiger partial charge in [-0.15, -0.1) is 0 Å². The maximum atomic E-state index is 9.20. The second kappa shape index (κ2) is 17.5. The standard InChI is InChI=1S/2C26H31.C4H11Si.2ClH.Zr/c2*1-26(2,3)18-19-16-23-10-7-11-24(25(23)17-19)22-14-12-21(13-15-22)20-8-5-4-6-9-20;1-3-4-5-2;;;/h2*7,10-17,20H,4-6,8-9,18H2,1-3H3;5H,3-4H2,1-2H3;2*1H;/q;;;;;+2/p-2. The number of hydrogen-bond acceptors (Lipinski definition) is 0. The molecule has 0 N–H and O–H groups in total. The van der Waals surface area contributed by atoms with E-state index in [0.717, 1.165) is 19.3 Å². The van der Waals surface area contributed by atoms with Crippen LogP contribution in [0.3, 0.4) is 0 Å². The number of allylic oxidation sites excluding steroid dienone is 2. The van der Waals surface area contributed by atoms with Gasteiger partial charge in [-0.3, -0.25) is 0 Å². The number of halogens is 2. The molecular formula is C56H73Cl2SiZr. The summed E-state index contributed by atoms with van der Waals surface area (Å²) in [6.45, 7) is 19.4. The Balaban J connectivity index is 1.29. The molecule has 4 aliphatic rings. The second-order valence-corrected chi connectivity index (χ2v) is 63.6. The van der Waals surface area contributed by atoms with E-state index in [1.165, 1.54) is 137 Å². The van der Waals surface area contributed by atoms with E-state index in [4.69, 9.17) is 0 Å². The van der Waals surface area contributed by atoms with Crippen LogP contribution in [-0.2, 0) is 15.6 Å². The molecule has 8 rings (SSSR count). The third-order valence-corrected chi connectivity index (χ3v) is 65.6. The average Bonchev–Trinajstić information content (AvgIpc) is 3.79. The van der Waals surface area contributed by atoms with E-state index in [1.54, 1.807) is 0 Å². The molecule has 319 valence electrons. The molecule has 4 aromatic rings. The van der Waals surface area contributed by atoms with Crippen LogP contribution in [0.4, 0.5) is 0 Å². The van der Waals surface area contributed by atoms with E-state index in [1.807, 2.05) is 0 Å². The van der Waals surface area contributed by atoms with E-state index >= 15 is 0 Å². The molecule has 0 saturated heterocycles. The monoisotopic (exact) mass is 933 g/mol. The van der Waals surface area contributed by atoms with Gasteiger partial charge in [-0.05, 0) is 0 Å². The number of rotatable bonds is 11. The van der Waals surface area contributed by atoms with Crippen molar-refractivity contribution in [2.24, 2.45) is 10.8 Å². The normalized spacial score (nSPS) is 21.5. The Morgan fingerprint density at radius 2 is 0.933 bits per heavy atom. The van der Waals surface area contributed by atoms with Gasteiger partial charge in [-0.25, -0.2) is 0 Å². The Morgan fingerprint density at radius 1 is 0.550 bits per heavy atom. The first-order valence-electron chi connectivity index (χ1n) is 24.0. The van der Waals surface area contributed by atoms with E-state index in [9.17, 15) is 17.0 Å². The fourth-order valence-corrected chi connectivity index (χ4v) is 53.6. The maximum absolute atomic E-state index is 9.20. The van der Waals surface area contributed by atoms with Crippen LogP contribution < -0.4 is 0 Å². The second-order valence-electron chi connectivity index (χ2n) is 22.2. The van der Waals surface area contributed by atoms with Crippen molar-refractivity contribution < 1.29 is 15.6 Å². The van der Waals surface area contributed by atoms with Crippen molar-refractivity contribution in [2.45, 2.75) is 164 Å². The van der Waals surface area contributed by atoms with Crippen LogP contribution in [0.15, 0.2) is 96.1 Å². The van der Waals surface area contributed by atoms with Gasteiger partial charge >= 0.3 is 377 Å². The van der Waals surface area contributed by atoms with Crippen LogP contribution in [0.1, 0.15) is 184 Å². The third kappa shape index (κ3) is 8.78. The molecule has 0 spiro atoms. The molecule has 0 nitrogen and oxygen atoms in total.